The fourth-order valence-corrected chi connectivity index (χ4v) is 3.92. The summed E-state index contributed by atoms with van der Waals surface area (Å²) in [5, 5.41) is 5.74. The number of methoxy groups -OCH3 is 1. The third-order valence-electron chi connectivity index (χ3n) is 4.47. The summed E-state index contributed by atoms with van der Waals surface area (Å²) in [6.45, 7) is 3.13. The zero-order valence-corrected chi connectivity index (χ0v) is 13.1. The number of aromatic nitrogens is 2. The van der Waals surface area contributed by atoms with E-state index < -0.39 is 0 Å². The largest absolute Gasteiger partial charge is 0.480 e. The van der Waals surface area contributed by atoms with Crippen molar-refractivity contribution in [3.63, 3.8) is 0 Å². The molecule has 5 heteroatoms. The van der Waals surface area contributed by atoms with Gasteiger partial charge in [0.05, 0.1) is 7.11 Å². The second kappa shape index (κ2) is 6.14. The summed E-state index contributed by atoms with van der Waals surface area (Å²) in [7, 11) is 1.69. The minimum absolute atomic E-state index is 0.559. The molecule has 0 aliphatic heterocycles. The van der Waals surface area contributed by atoms with Crippen molar-refractivity contribution in [2.24, 2.45) is 5.92 Å². The molecule has 1 N–H and O–H groups in total. The molecule has 2 aromatic heterocycles. The molecule has 0 bridgehead atoms. The SMILES string of the molecule is COc1nc2sccn2c1CN[C@@H](C)C1CCCCC1. The zero-order chi connectivity index (χ0) is 13.9. The number of thiazole rings is 1. The predicted molar refractivity (Wildman–Crippen MR) is 82.5 cm³/mol. The summed E-state index contributed by atoms with van der Waals surface area (Å²) < 4.78 is 7.53. The van der Waals surface area contributed by atoms with Gasteiger partial charge in [-0.25, -0.2) is 0 Å². The lowest BCUT2D eigenvalue weighted by molar-refractivity contribution is 0.278. The van der Waals surface area contributed by atoms with Gasteiger partial charge in [0.1, 0.15) is 5.69 Å². The number of rotatable bonds is 5. The molecule has 1 aliphatic carbocycles. The van der Waals surface area contributed by atoms with Crippen molar-refractivity contribution >= 4 is 16.3 Å². The molecule has 0 unspecified atom stereocenters. The van der Waals surface area contributed by atoms with Gasteiger partial charge in [-0.15, -0.1) is 11.3 Å². The van der Waals surface area contributed by atoms with Crippen molar-refractivity contribution in [3.05, 3.63) is 17.3 Å². The number of hydrogen-bond acceptors (Lipinski definition) is 4. The van der Waals surface area contributed by atoms with Crippen LogP contribution in [0.3, 0.4) is 0 Å². The van der Waals surface area contributed by atoms with E-state index in [0.29, 0.717) is 6.04 Å². The van der Waals surface area contributed by atoms with Crippen molar-refractivity contribution in [3.8, 4) is 5.88 Å². The highest BCUT2D eigenvalue weighted by molar-refractivity contribution is 7.15. The van der Waals surface area contributed by atoms with Gasteiger partial charge in [0.2, 0.25) is 5.88 Å². The molecule has 20 heavy (non-hydrogen) atoms. The Hall–Kier alpha value is -1.07. The first kappa shape index (κ1) is 13.9. The summed E-state index contributed by atoms with van der Waals surface area (Å²) >= 11 is 1.64. The summed E-state index contributed by atoms with van der Waals surface area (Å²) in [6.07, 6.45) is 8.99. The standard InChI is InChI=1S/C15H23N3OS/c1-11(12-6-4-3-5-7-12)16-10-13-14(19-2)17-15-18(13)8-9-20-15/h8-9,11-12,16H,3-7,10H2,1-2H3/t11-/m0/s1. The number of nitrogens with zero attached hydrogens (tertiary/aromatic N) is 2. The van der Waals surface area contributed by atoms with Crippen LogP contribution in [0, 0.1) is 5.92 Å². The van der Waals surface area contributed by atoms with Gasteiger partial charge >= 0.3 is 0 Å². The summed E-state index contributed by atoms with van der Waals surface area (Å²) in [6, 6.07) is 0.559. The number of nitrogens with one attached hydrogen (secondary N) is 1. The van der Waals surface area contributed by atoms with E-state index in [2.05, 4.69) is 33.2 Å². The van der Waals surface area contributed by atoms with E-state index in [0.717, 1.165) is 29.0 Å². The molecule has 0 amide bonds. The first-order chi connectivity index (χ1) is 9.79. The second-order valence-electron chi connectivity index (χ2n) is 5.69. The molecule has 4 nitrogen and oxygen atoms in total. The van der Waals surface area contributed by atoms with Crippen LogP contribution in [0.2, 0.25) is 0 Å². The van der Waals surface area contributed by atoms with Gasteiger partial charge in [0.25, 0.3) is 0 Å². The molecule has 3 rings (SSSR count). The molecule has 0 radical (unpaired) electrons. The van der Waals surface area contributed by atoms with Crippen LogP contribution in [0.5, 0.6) is 5.88 Å². The highest BCUT2D eigenvalue weighted by Gasteiger charge is 2.21. The van der Waals surface area contributed by atoms with Gasteiger partial charge in [0.15, 0.2) is 4.96 Å². The zero-order valence-electron chi connectivity index (χ0n) is 12.3. The van der Waals surface area contributed by atoms with Crippen molar-refractivity contribution < 1.29 is 4.74 Å². The lowest BCUT2D eigenvalue weighted by Gasteiger charge is -2.28. The van der Waals surface area contributed by atoms with E-state index in [-0.39, 0.29) is 0 Å². The molecule has 1 fully saturated rings. The molecule has 110 valence electrons. The van der Waals surface area contributed by atoms with Gasteiger partial charge in [0, 0.05) is 24.2 Å². The first-order valence-corrected chi connectivity index (χ1v) is 8.39. The maximum atomic E-state index is 5.40. The molecule has 2 aromatic rings. The quantitative estimate of drug-likeness (QED) is 0.917. The number of imidazole rings is 1. The number of fused-ring (bicyclic) bond motifs is 1. The highest BCUT2D eigenvalue weighted by atomic mass is 32.1. The molecule has 1 atom stereocenters. The van der Waals surface area contributed by atoms with Crippen LogP contribution in [0.1, 0.15) is 44.7 Å². The Morgan fingerprint density at radius 3 is 3.00 bits per heavy atom. The van der Waals surface area contributed by atoms with Crippen LogP contribution >= 0.6 is 11.3 Å². The summed E-state index contributed by atoms with van der Waals surface area (Å²) in [5.74, 6) is 1.57. The molecule has 0 aromatic carbocycles. The Morgan fingerprint density at radius 2 is 2.25 bits per heavy atom. The fraction of sp³-hybridized carbons (Fsp3) is 0.667. The predicted octanol–water partition coefficient (Wildman–Crippen LogP) is 3.46. The van der Waals surface area contributed by atoms with Crippen molar-refractivity contribution in [2.75, 3.05) is 7.11 Å². The van der Waals surface area contributed by atoms with Gasteiger partial charge in [-0.1, -0.05) is 19.3 Å². The van der Waals surface area contributed by atoms with E-state index >= 15 is 0 Å². The lowest BCUT2D eigenvalue weighted by Crippen LogP contribution is -2.34. The maximum absolute atomic E-state index is 5.40. The summed E-state index contributed by atoms with van der Waals surface area (Å²) in [5.41, 5.74) is 1.13. The average Bonchev–Trinajstić information content (AvgIpc) is 3.06. The molecule has 1 aliphatic rings. The van der Waals surface area contributed by atoms with Crippen molar-refractivity contribution in [1.82, 2.24) is 14.7 Å². The lowest BCUT2D eigenvalue weighted by atomic mass is 9.84. The van der Waals surface area contributed by atoms with Gasteiger partial charge < -0.3 is 10.1 Å². The third-order valence-corrected chi connectivity index (χ3v) is 5.22. The van der Waals surface area contributed by atoms with Crippen molar-refractivity contribution in [1.29, 1.82) is 0 Å². The monoisotopic (exact) mass is 293 g/mol. The Labute approximate surface area is 124 Å². The van der Waals surface area contributed by atoms with E-state index in [1.54, 1.807) is 18.4 Å². The number of ether oxygens (including phenoxy) is 1. The van der Waals surface area contributed by atoms with Gasteiger partial charge in [-0.05, 0) is 25.7 Å². The topological polar surface area (TPSA) is 38.6 Å². The van der Waals surface area contributed by atoms with Crippen LogP contribution in [-0.4, -0.2) is 22.5 Å². The van der Waals surface area contributed by atoms with Gasteiger partial charge in [-0.2, -0.15) is 4.98 Å². The fourth-order valence-electron chi connectivity index (χ4n) is 3.20. The summed E-state index contributed by atoms with van der Waals surface area (Å²) in [4.78, 5) is 5.50. The van der Waals surface area contributed by atoms with Crippen LogP contribution in [0.15, 0.2) is 11.6 Å². The Morgan fingerprint density at radius 1 is 1.45 bits per heavy atom. The Kier molecular flexibility index (Phi) is 4.27. The number of hydrogen-bond donors (Lipinski definition) is 1. The van der Waals surface area contributed by atoms with Crippen LogP contribution < -0.4 is 10.1 Å². The first-order valence-electron chi connectivity index (χ1n) is 7.51. The maximum Gasteiger partial charge on any atom is 0.237 e. The van der Waals surface area contributed by atoms with Crippen LogP contribution in [0.25, 0.3) is 4.96 Å². The van der Waals surface area contributed by atoms with E-state index in [1.807, 2.05) is 0 Å². The average molecular weight is 293 g/mol. The molecule has 0 spiro atoms. The molecule has 0 saturated heterocycles. The van der Waals surface area contributed by atoms with E-state index in [4.69, 9.17) is 4.74 Å². The van der Waals surface area contributed by atoms with Gasteiger partial charge in [-0.3, -0.25) is 4.40 Å². The second-order valence-corrected chi connectivity index (χ2v) is 6.56. The van der Waals surface area contributed by atoms with E-state index in [9.17, 15) is 0 Å². The van der Waals surface area contributed by atoms with Crippen molar-refractivity contribution in [2.45, 2.75) is 51.6 Å². The van der Waals surface area contributed by atoms with Crippen LogP contribution in [-0.2, 0) is 6.54 Å². The highest BCUT2D eigenvalue weighted by Crippen LogP contribution is 2.27. The Bertz CT molecular complexity index is 556. The molecular formula is C15H23N3OS. The third kappa shape index (κ3) is 2.69. The minimum atomic E-state index is 0.559. The Balaban J connectivity index is 1.67. The van der Waals surface area contributed by atoms with E-state index in [1.165, 1.54) is 32.1 Å². The molecular weight excluding hydrogens is 270 g/mol. The van der Waals surface area contributed by atoms with Crippen LogP contribution in [0.4, 0.5) is 0 Å². The molecule has 1 saturated carbocycles. The molecule has 2 heterocycles. The minimum Gasteiger partial charge on any atom is -0.480 e. The normalized spacial score (nSPS) is 18.5. The smallest absolute Gasteiger partial charge is 0.237 e.